The zero-order valence-corrected chi connectivity index (χ0v) is 15.1. The summed E-state index contributed by atoms with van der Waals surface area (Å²) in [5.41, 5.74) is 0. The molecule has 0 saturated carbocycles. The first-order chi connectivity index (χ1) is 10.1. The van der Waals surface area contributed by atoms with E-state index in [1.165, 1.54) is 16.6 Å². The van der Waals surface area contributed by atoms with Crippen molar-refractivity contribution >= 4 is 44.9 Å². The van der Waals surface area contributed by atoms with Crippen LogP contribution in [0.1, 0.15) is 4.88 Å². The predicted molar refractivity (Wildman–Crippen MR) is 92.2 cm³/mol. The van der Waals surface area contributed by atoms with Gasteiger partial charge in [-0.15, -0.1) is 23.1 Å². The van der Waals surface area contributed by atoms with Gasteiger partial charge in [-0.3, -0.25) is 4.79 Å². The molecule has 1 aromatic heterocycles. The lowest BCUT2D eigenvalue weighted by Crippen LogP contribution is -2.27. The van der Waals surface area contributed by atoms with Crippen molar-refractivity contribution in [1.29, 1.82) is 0 Å². The van der Waals surface area contributed by atoms with Crippen molar-refractivity contribution in [2.24, 2.45) is 0 Å². The number of methoxy groups -OCH3 is 1. The van der Waals surface area contributed by atoms with Gasteiger partial charge in [0.2, 0.25) is 5.91 Å². The van der Waals surface area contributed by atoms with E-state index >= 15 is 0 Å². The van der Waals surface area contributed by atoms with Gasteiger partial charge in [-0.1, -0.05) is 0 Å². The second-order valence-corrected chi connectivity index (χ2v) is 8.02. The molecule has 6 heteroatoms. The third-order valence-electron chi connectivity index (χ3n) is 2.87. The Morgan fingerprint density at radius 2 is 2.00 bits per heavy atom. The van der Waals surface area contributed by atoms with E-state index in [1.54, 1.807) is 23.3 Å². The van der Waals surface area contributed by atoms with Gasteiger partial charge in [-0.2, -0.15) is 0 Å². The normalized spacial score (nSPS) is 10.4. The van der Waals surface area contributed by atoms with Gasteiger partial charge < -0.3 is 9.64 Å². The van der Waals surface area contributed by atoms with E-state index < -0.39 is 0 Å². The molecule has 1 amide bonds. The summed E-state index contributed by atoms with van der Waals surface area (Å²) in [6.45, 7) is 0.651. The lowest BCUT2D eigenvalue weighted by atomic mass is 10.3. The fraction of sp³-hybridized carbons (Fsp3) is 0.267. The van der Waals surface area contributed by atoms with Crippen LogP contribution in [-0.2, 0) is 11.3 Å². The first-order valence-electron chi connectivity index (χ1n) is 6.33. The van der Waals surface area contributed by atoms with E-state index in [2.05, 4.69) is 15.9 Å². The number of carbonyl (C=O) groups is 1. The maximum absolute atomic E-state index is 12.1. The number of halogens is 1. The summed E-state index contributed by atoms with van der Waals surface area (Å²) in [4.78, 5) is 16.1. The van der Waals surface area contributed by atoms with E-state index in [1.807, 2.05) is 43.4 Å². The highest BCUT2D eigenvalue weighted by molar-refractivity contribution is 9.11. The minimum Gasteiger partial charge on any atom is -0.497 e. The van der Waals surface area contributed by atoms with Crippen molar-refractivity contribution in [3.05, 3.63) is 45.1 Å². The van der Waals surface area contributed by atoms with E-state index in [9.17, 15) is 4.79 Å². The van der Waals surface area contributed by atoms with Crippen LogP contribution < -0.4 is 4.74 Å². The van der Waals surface area contributed by atoms with Gasteiger partial charge in [0.05, 0.1) is 23.2 Å². The second kappa shape index (κ2) is 7.87. The lowest BCUT2D eigenvalue weighted by molar-refractivity contribution is -0.127. The minimum absolute atomic E-state index is 0.125. The Balaban J connectivity index is 1.82. The molecule has 0 radical (unpaired) electrons. The molecule has 0 aliphatic carbocycles. The summed E-state index contributed by atoms with van der Waals surface area (Å²) in [5.74, 6) is 1.39. The Bertz CT molecular complexity index is 598. The standard InChI is InChI=1S/C15H16BrNO2S2/c1-17(9-13-7-8-14(16)21-13)15(18)10-20-12-5-3-11(19-2)4-6-12/h3-8H,9-10H2,1-2H3. The molecule has 2 rings (SSSR count). The van der Waals surface area contributed by atoms with Gasteiger partial charge in [-0.05, 0) is 52.3 Å². The average Bonchev–Trinajstić information content (AvgIpc) is 2.90. The fourth-order valence-corrected chi connectivity index (χ4v) is 4.06. The molecular weight excluding hydrogens is 370 g/mol. The van der Waals surface area contributed by atoms with Crippen LogP contribution in [-0.4, -0.2) is 30.7 Å². The van der Waals surface area contributed by atoms with E-state index in [4.69, 9.17) is 4.74 Å². The molecule has 112 valence electrons. The van der Waals surface area contributed by atoms with Crippen molar-refractivity contribution < 1.29 is 9.53 Å². The average molecular weight is 386 g/mol. The monoisotopic (exact) mass is 385 g/mol. The van der Waals surface area contributed by atoms with Crippen LogP contribution in [0.15, 0.2) is 45.1 Å². The van der Waals surface area contributed by atoms with E-state index in [0.717, 1.165) is 14.4 Å². The maximum Gasteiger partial charge on any atom is 0.233 e. The largest absolute Gasteiger partial charge is 0.497 e. The molecule has 0 fully saturated rings. The molecule has 0 N–H and O–H groups in total. The van der Waals surface area contributed by atoms with Crippen LogP contribution in [0.4, 0.5) is 0 Å². The van der Waals surface area contributed by atoms with Crippen molar-refractivity contribution in [1.82, 2.24) is 4.90 Å². The number of benzene rings is 1. The van der Waals surface area contributed by atoms with Crippen molar-refractivity contribution in [2.45, 2.75) is 11.4 Å². The van der Waals surface area contributed by atoms with Crippen LogP contribution in [0, 0.1) is 0 Å². The van der Waals surface area contributed by atoms with Crippen LogP contribution in [0.2, 0.25) is 0 Å². The minimum atomic E-state index is 0.125. The molecule has 0 bridgehead atoms. The number of ether oxygens (including phenoxy) is 1. The summed E-state index contributed by atoms with van der Waals surface area (Å²) in [6, 6.07) is 11.8. The summed E-state index contributed by atoms with van der Waals surface area (Å²) in [5, 5.41) is 0. The maximum atomic E-state index is 12.1. The van der Waals surface area contributed by atoms with Crippen LogP contribution in [0.25, 0.3) is 0 Å². The molecule has 1 heterocycles. The van der Waals surface area contributed by atoms with Gasteiger partial charge in [-0.25, -0.2) is 0 Å². The zero-order chi connectivity index (χ0) is 15.2. The fourth-order valence-electron chi connectivity index (χ4n) is 1.69. The van der Waals surface area contributed by atoms with Gasteiger partial charge >= 0.3 is 0 Å². The van der Waals surface area contributed by atoms with E-state index in [0.29, 0.717) is 12.3 Å². The first kappa shape index (κ1) is 16.4. The highest BCUT2D eigenvalue weighted by Crippen LogP contribution is 2.24. The Labute approximate surface area is 141 Å². The zero-order valence-electron chi connectivity index (χ0n) is 11.8. The molecule has 0 spiro atoms. The molecule has 0 aliphatic heterocycles. The smallest absolute Gasteiger partial charge is 0.233 e. The number of hydrogen-bond acceptors (Lipinski definition) is 4. The van der Waals surface area contributed by atoms with Crippen LogP contribution in [0.5, 0.6) is 5.75 Å². The number of thiophene rings is 1. The molecule has 0 atom stereocenters. The number of amides is 1. The number of rotatable bonds is 6. The molecule has 0 saturated heterocycles. The van der Waals surface area contributed by atoms with Crippen molar-refractivity contribution in [3.8, 4) is 5.75 Å². The molecule has 1 aromatic carbocycles. The number of thioether (sulfide) groups is 1. The van der Waals surface area contributed by atoms with Crippen LogP contribution in [0.3, 0.4) is 0 Å². The Morgan fingerprint density at radius 1 is 1.29 bits per heavy atom. The SMILES string of the molecule is COc1ccc(SCC(=O)N(C)Cc2ccc(Br)s2)cc1. The Hall–Kier alpha value is -0.980. The van der Waals surface area contributed by atoms with Gasteiger partial charge in [0, 0.05) is 16.8 Å². The number of carbonyl (C=O) groups excluding carboxylic acids is 1. The summed E-state index contributed by atoms with van der Waals surface area (Å²) in [7, 11) is 3.48. The molecule has 0 aliphatic rings. The predicted octanol–water partition coefficient (Wildman–Crippen LogP) is 4.27. The first-order valence-corrected chi connectivity index (χ1v) is 8.93. The molecular formula is C15H16BrNO2S2. The van der Waals surface area contributed by atoms with Gasteiger partial charge in [0.15, 0.2) is 0 Å². The highest BCUT2D eigenvalue weighted by Gasteiger charge is 2.11. The summed E-state index contributed by atoms with van der Waals surface area (Å²) >= 11 is 6.63. The summed E-state index contributed by atoms with van der Waals surface area (Å²) < 4.78 is 6.20. The third kappa shape index (κ3) is 5.05. The van der Waals surface area contributed by atoms with Crippen molar-refractivity contribution in [2.75, 3.05) is 19.9 Å². The number of hydrogen-bond donors (Lipinski definition) is 0. The molecule has 2 aromatic rings. The highest BCUT2D eigenvalue weighted by atomic mass is 79.9. The Kier molecular flexibility index (Phi) is 6.14. The summed E-state index contributed by atoms with van der Waals surface area (Å²) in [6.07, 6.45) is 0. The van der Waals surface area contributed by atoms with Gasteiger partial charge in [0.1, 0.15) is 5.75 Å². The topological polar surface area (TPSA) is 29.5 Å². The van der Waals surface area contributed by atoms with Crippen LogP contribution >= 0.6 is 39.0 Å². The molecule has 21 heavy (non-hydrogen) atoms. The number of nitrogens with zero attached hydrogens (tertiary/aromatic N) is 1. The molecule has 0 unspecified atom stereocenters. The molecule has 3 nitrogen and oxygen atoms in total. The Morgan fingerprint density at radius 3 is 2.57 bits per heavy atom. The quantitative estimate of drug-likeness (QED) is 0.695. The third-order valence-corrected chi connectivity index (χ3v) is 5.47. The van der Waals surface area contributed by atoms with E-state index in [-0.39, 0.29) is 5.91 Å². The van der Waals surface area contributed by atoms with Gasteiger partial charge in [0.25, 0.3) is 0 Å². The second-order valence-electron chi connectivity index (χ2n) is 4.42. The van der Waals surface area contributed by atoms with Crippen molar-refractivity contribution in [3.63, 3.8) is 0 Å². The lowest BCUT2D eigenvalue weighted by Gasteiger charge is -2.16.